The van der Waals surface area contributed by atoms with Gasteiger partial charge >= 0.3 is 0 Å². The third-order valence-electron chi connectivity index (χ3n) is 7.21. The van der Waals surface area contributed by atoms with Crippen molar-refractivity contribution in [2.24, 2.45) is 0 Å². The molecule has 2 aliphatic carbocycles. The van der Waals surface area contributed by atoms with Crippen LogP contribution < -0.4 is 5.56 Å². The number of hydrogen-bond donors (Lipinski definition) is 1. The Hall–Kier alpha value is -3.03. The average Bonchev–Trinajstić information content (AvgIpc) is 3.31. The SMILES string of the molecule is CC1(F)CCC(n2ncc3c(=O)[nH]c(C4CCC4c4cn5ccccc5n4)nc32)CC1. The summed E-state index contributed by atoms with van der Waals surface area (Å²) in [6.45, 7) is 1.67. The molecule has 7 nitrogen and oxygen atoms in total. The minimum Gasteiger partial charge on any atom is -0.310 e. The molecule has 0 saturated heterocycles. The molecule has 0 radical (unpaired) electrons. The molecule has 0 spiro atoms. The quantitative estimate of drug-likeness (QED) is 0.537. The summed E-state index contributed by atoms with van der Waals surface area (Å²) in [6.07, 6.45) is 10.1. The Morgan fingerprint density at radius 1 is 1.13 bits per heavy atom. The van der Waals surface area contributed by atoms with Gasteiger partial charge in [-0.2, -0.15) is 5.10 Å². The van der Waals surface area contributed by atoms with Gasteiger partial charge in [-0.15, -0.1) is 0 Å². The number of halogens is 1. The largest absolute Gasteiger partial charge is 0.310 e. The number of aromatic amines is 1. The predicted molar refractivity (Wildman–Crippen MR) is 115 cm³/mol. The number of nitrogens with zero attached hydrogens (tertiary/aromatic N) is 5. The summed E-state index contributed by atoms with van der Waals surface area (Å²) in [7, 11) is 0. The topological polar surface area (TPSA) is 80.9 Å². The van der Waals surface area contributed by atoms with Gasteiger partial charge in [0.2, 0.25) is 0 Å². The van der Waals surface area contributed by atoms with Crippen molar-refractivity contribution in [3.05, 3.63) is 58.7 Å². The molecule has 4 aromatic heterocycles. The van der Waals surface area contributed by atoms with Crippen molar-refractivity contribution in [3.8, 4) is 0 Å². The molecule has 2 atom stereocenters. The van der Waals surface area contributed by atoms with E-state index in [9.17, 15) is 9.18 Å². The molecule has 2 saturated carbocycles. The molecule has 160 valence electrons. The van der Waals surface area contributed by atoms with Gasteiger partial charge in [-0.3, -0.25) is 4.79 Å². The van der Waals surface area contributed by atoms with E-state index >= 15 is 0 Å². The Kier molecular flexibility index (Phi) is 4.07. The van der Waals surface area contributed by atoms with Crippen LogP contribution in [0.2, 0.25) is 0 Å². The Balaban J connectivity index is 1.35. The van der Waals surface area contributed by atoms with E-state index in [2.05, 4.69) is 16.3 Å². The van der Waals surface area contributed by atoms with E-state index in [0.717, 1.165) is 24.2 Å². The lowest BCUT2D eigenvalue weighted by Gasteiger charge is -2.34. The van der Waals surface area contributed by atoms with Gasteiger partial charge in [0.05, 0.1) is 17.9 Å². The first kappa shape index (κ1) is 18.7. The van der Waals surface area contributed by atoms with Gasteiger partial charge < -0.3 is 9.38 Å². The number of nitrogens with one attached hydrogen (secondary N) is 1. The van der Waals surface area contributed by atoms with Gasteiger partial charge in [-0.05, 0) is 57.6 Å². The third-order valence-corrected chi connectivity index (χ3v) is 7.21. The van der Waals surface area contributed by atoms with Crippen LogP contribution in [0.3, 0.4) is 0 Å². The summed E-state index contributed by atoms with van der Waals surface area (Å²) >= 11 is 0. The van der Waals surface area contributed by atoms with E-state index in [-0.39, 0.29) is 23.4 Å². The Bertz CT molecular complexity index is 1290. The molecule has 1 N–H and O–H groups in total. The van der Waals surface area contributed by atoms with Gasteiger partial charge in [-0.1, -0.05) is 6.07 Å². The van der Waals surface area contributed by atoms with Crippen molar-refractivity contribution in [2.75, 3.05) is 0 Å². The third kappa shape index (κ3) is 3.07. The first-order chi connectivity index (χ1) is 15.0. The molecular formula is C23H25FN6O. The van der Waals surface area contributed by atoms with Crippen LogP contribution >= 0.6 is 0 Å². The summed E-state index contributed by atoms with van der Waals surface area (Å²) in [6, 6.07) is 6.05. The standard InChI is InChI=1S/C23H25FN6O/c1-23(24)9-7-14(8-10-23)30-21-17(12-25-30)22(31)28-20(27-21)16-6-5-15(16)18-13-29-11-3-2-4-19(29)26-18/h2-4,11-16H,5-10H2,1H3,(H,27,28,31). The Labute approximate surface area is 178 Å². The van der Waals surface area contributed by atoms with Crippen LogP contribution in [-0.2, 0) is 0 Å². The maximum Gasteiger partial charge on any atom is 0.262 e. The van der Waals surface area contributed by atoms with Gasteiger partial charge in [0.25, 0.3) is 5.56 Å². The summed E-state index contributed by atoms with van der Waals surface area (Å²) in [5, 5.41) is 4.97. The van der Waals surface area contributed by atoms with Crippen molar-refractivity contribution >= 4 is 16.7 Å². The highest BCUT2D eigenvalue weighted by atomic mass is 19.1. The number of fused-ring (bicyclic) bond motifs is 2. The van der Waals surface area contributed by atoms with Gasteiger partial charge in [0.15, 0.2) is 5.65 Å². The minimum atomic E-state index is -1.11. The first-order valence-corrected chi connectivity index (χ1v) is 11.1. The van der Waals surface area contributed by atoms with Gasteiger partial charge in [0.1, 0.15) is 22.5 Å². The fourth-order valence-electron chi connectivity index (χ4n) is 5.16. The van der Waals surface area contributed by atoms with Crippen molar-refractivity contribution in [1.29, 1.82) is 0 Å². The maximum atomic E-state index is 14.3. The summed E-state index contributed by atoms with van der Waals surface area (Å²) in [5.41, 5.74) is 1.32. The zero-order valence-electron chi connectivity index (χ0n) is 17.5. The first-order valence-electron chi connectivity index (χ1n) is 11.1. The molecule has 0 aliphatic heterocycles. The molecule has 2 aliphatic rings. The van der Waals surface area contributed by atoms with E-state index in [1.165, 1.54) is 0 Å². The van der Waals surface area contributed by atoms with Gasteiger partial charge in [-0.25, -0.2) is 19.0 Å². The number of hydrogen-bond acceptors (Lipinski definition) is 4. The molecule has 8 heteroatoms. The predicted octanol–water partition coefficient (Wildman–Crippen LogP) is 4.27. The molecular weight excluding hydrogens is 395 g/mol. The number of rotatable bonds is 3. The number of alkyl halides is 1. The molecule has 2 unspecified atom stereocenters. The Morgan fingerprint density at radius 2 is 1.94 bits per heavy atom. The normalized spacial score (nSPS) is 28.8. The maximum absolute atomic E-state index is 14.3. The highest BCUT2D eigenvalue weighted by Crippen LogP contribution is 2.47. The molecule has 0 aromatic carbocycles. The molecule has 0 amide bonds. The molecule has 6 rings (SSSR count). The summed E-state index contributed by atoms with van der Waals surface area (Å²) < 4.78 is 18.1. The van der Waals surface area contributed by atoms with E-state index < -0.39 is 5.67 Å². The highest BCUT2D eigenvalue weighted by molar-refractivity contribution is 5.73. The number of pyridine rings is 1. The van der Waals surface area contributed by atoms with Crippen LogP contribution in [0.15, 0.2) is 41.6 Å². The lowest BCUT2D eigenvalue weighted by molar-refractivity contribution is 0.103. The number of H-pyrrole nitrogens is 1. The van der Waals surface area contributed by atoms with Crippen LogP contribution in [-0.4, -0.2) is 34.8 Å². The number of imidazole rings is 1. The van der Waals surface area contributed by atoms with Crippen LogP contribution in [0, 0.1) is 0 Å². The van der Waals surface area contributed by atoms with E-state index in [4.69, 9.17) is 9.97 Å². The van der Waals surface area contributed by atoms with Crippen LogP contribution in [0.5, 0.6) is 0 Å². The minimum absolute atomic E-state index is 0.0825. The average molecular weight is 420 g/mol. The second-order valence-corrected chi connectivity index (χ2v) is 9.34. The monoisotopic (exact) mass is 420 g/mol. The van der Waals surface area contributed by atoms with E-state index in [1.54, 1.807) is 13.1 Å². The number of aromatic nitrogens is 6. The van der Waals surface area contributed by atoms with Crippen molar-refractivity contribution in [3.63, 3.8) is 0 Å². The fourth-order valence-corrected chi connectivity index (χ4v) is 5.16. The van der Waals surface area contributed by atoms with Crippen molar-refractivity contribution < 1.29 is 4.39 Å². The zero-order valence-corrected chi connectivity index (χ0v) is 17.5. The molecule has 31 heavy (non-hydrogen) atoms. The molecule has 4 heterocycles. The highest BCUT2D eigenvalue weighted by Gasteiger charge is 2.38. The smallest absolute Gasteiger partial charge is 0.262 e. The molecule has 4 aromatic rings. The Morgan fingerprint density at radius 3 is 2.68 bits per heavy atom. The molecule has 2 fully saturated rings. The van der Waals surface area contributed by atoms with E-state index in [1.807, 2.05) is 33.5 Å². The summed E-state index contributed by atoms with van der Waals surface area (Å²) in [5.74, 6) is 1.07. The van der Waals surface area contributed by atoms with Gasteiger partial charge in [0, 0.05) is 24.2 Å². The fraction of sp³-hybridized carbons (Fsp3) is 0.478. The van der Waals surface area contributed by atoms with Crippen LogP contribution in [0.25, 0.3) is 16.7 Å². The molecule has 0 bridgehead atoms. The van der Waals surface area contributed by atoms with Crippen LogP contribution in [0.4, 0.5) is 4.39 Å². The lowest BCUT2D eigenvalue weighted by atomic mass is 9.71. The van der Waals surface area contributed by atoms with E-state index in [0.29, 0.717) is 42.5 Å². The van der Waals surface area contributed by atoms with Crippen molar-refractivity contribution in [1.82, 2.24) is 29.1 Å². The zero-order chi connectivity index (χ0) is 21.2. The second-order valence-electron chi connectivity index (χ2n) is 9.34. The van der Waals surface area contributed by atoms with Crippen LogP contribution in [0.1, 0.15) is 74.8 Å². The van der Waals surface area contributed by atoms with Crippen molar-refractivity contribution in [2.45, 2.75) is 69.0 Å². The lowest BCUT2D eigenvalue weighted by Crippen LogP contribution is -2.29. The summed E-state index contributed by atoms with van der Waals surface area (Å²) in [4.78, 5) is 25.5. The second kappa shape index (κ2) is 6.73.